The van der Waals surface area contributed by atoms with Crippen LogP contribution in [0.4, 0.5) is 0 Å². The summed E-state index contributed by atoms with van der Waals surface area (Å²) < 4.78 is 7.51. The van der Waals surface area contributed by atoms with Crippen LogP contribution in [0, 0.1) is 0 Å². The number of amides is 1. The van der Waals surface area contributed by atoms with E-state index in [1.807, 2.05) is 22.6 Å². The van der Waals surface area contributed by atoms with Gasteiger partial charge >= 0.3 is 0 Å². The maximum Gasteiger partial charge on any atom is 0.242 e. The summed E-state index contributed by atoms with van der Waals surface area (Å²) in [4.78, 5) is 27.4. The summed E-state index contributed by atoms with van der Waals surface area (Å²) in [6.45, 7) is 4.20. The van der Waals surface area contributed by atoms with E-state index >= 15 is 0 Å². The first-order valence-corrected chi connectivity index (χ1v) is 8.40. The van der Waals surface area contributed by atoms with E-state index in [4.69, 9.17) is 4.74 Å². The van der Waals surface area contributed by atoms with Crippen molar-refractivity contribution in [3.05, 3.63) is 42.5 Å². The zero-order chi connectivity index (χ0) is 16.8. The second-order valence-corrected chi connectivity index (χ2v) is 5.88. The molecule has 0 N–H and O–H groups in total. The van der Waals surface area contributed by atoms with Gasteiger partial charge in [-0.15, -0.1) is 0 Å². The van der Waals surface area contributed by atoms with E-state index in [-0.39, 0.29) is 11.9 Å². The Bertz CT molecular complexity index is 658. The van der Waals surface area contributed by atoms with Gasteiger partial charge in [0.1, 0.15) is 12.4 Å². The summed E-state index contributed by atoms with van der Waals surface area (Å²) in [5, 5.41) is 0. The molecule has 2 aromatic rings. The smallest absolute Gasteiger partial charge is 0.242 e. The molecule has 3 heterocycles. The van der Waals surface area contributed by atoms with Gasteiger partial charge in [-0.2, -0.15) is 0 Å². The maximum absolute atomic E-state index is 12.7. The molecule has 0 radical (unpaired) electrons. The zero-order valence-electron chi connectivity index (χ0n) is 14.0. The third kappa shape index (κ3) is 3.97. The molecule has 1 saturated heterocycles. The molecule has 0 bridgehead atoms. The fourth-order valence-corrected chi connectivity index (χ4v) is 3.03. The summed E-state index contributed by atoms with van der Waals surface area (Å²) in [5.41, 5.74) is 0.943. The lowest BCUT2D eigenvalue weighted by Crippen LogP contribution is -2.50. The highest BCUT2D eigenvalue weighted by Crippen LogP contribution is 2.14. The molecule has 7 nitrogen and oxygen atoms in total. The van der Waals surface area contributed by atoms with E-state index < -0.39 is 0 Å². The lowest BCUT2D eigenvalue weighted by Gasteiger charge is -2.36. The number of rotatable bonds is 6. The van der Waals surface area contributed by atoms with Gasteiger partial charge in [-0.3, -0.25) is 14.8 Å². The Hall–Kier alpha value is -2.28. The van der Waals surface area contributed by atoms with E-state index in [9.17, 15) is 4.79 Å². The Balaban J connectivity index is 1.62. The van der Waals surface area contributed by atoms with Crippen LogP contribution in [0.25, 0.3) is 0 Å². The summed E-state index contributed by atoms with van der Waals surface area (Å²) >= 11 is 0. The van der Waals surface area contributed by atoms with Gasteiger partial charge in [-0.1, -0.05) is 6.92 Å². The first kappa shape index (κ1) is 16.6. The van der Waals surface area contributed by atoms with Crippen molar-refractivity contribution < 1.29 is 9.53 Å². The van der Waals surface area contributed by atoms with E-state index in [0.29, 0.717) is 26.3 Å². The number of aryl methyl sites for hydroxylation is 2. The highest BCUT2D eigenvalue weighted by molar-refractivity contribution is 5.76. The van der Waals surface area contributed by atoms with Crippen LogP contribution in [-0.4, -0.2) is 56.1 Å². The number of imidazole rings is 1. The average Bonchev–Trinajstić information content (AvgIpc) is 3.08. The molecule has 1 aliphatic rings. The van der Waals surface area contributed by atoms with Gasteiger partial charge in [0.25, 0.3) is 0 Å². The molecule has 0 saturated carbocycles. The number of carbonyl (C=O) groups excluding carboxylic acids is 1. The predicted molar refractivity (Wildman–Crippen MR) is 88.3 cm³/mol. The molecule has 1 fully saturated rings. The minimum absolute atomic E-state index is 0.0851. The molecule has 1 atom stereocenters. The maximum atomic E-state index is 12.7. The first-order valence-electron chi connectivity index (χ1n) is 8.40. The van der Waals surface area contributed by atoms with Gasteiger partial charge in [0.15, 0.2) is 0 Å². The van der Waals surface area contributed by atoms with Gasteiger partial charge in [-0.05, 0) is 12.8 Å². The molecule has 0 spiro atoms. The van der Waals surface area contributed by atoms with Crippen LogP contribution in [0.2, 0.25) is 0 Å². The van der Waals surface area contributed by atoms with Crippen molar-refractivity contribution in [3.63, 3.8) is 0 Å². The van der Waals surface area contributed by atoms with Crippen LogP contribution in [0.1, 0.15) is 24.9 Å². The Kier molecular flexibility index (Phi) is 5.53. The van der Waals surface area contributed by atoms with Crippen molar-refractivity contribution >= 4 is 5.91 Å². The van der Waals surface area contributed by atoms with Gasteiger partial charge in [0.2, 0.25) is 5.91 Å². The minimum Gasteiger partial charge on any atom is -0.377 e. The SMILES string of the molecule is CCc1nccn1CC(=O)N1CCOC[C@H]1CCc1cnccn1. The van der Waals surface area contributed by atoms with Crippen LogP contribution in [0.15, 0.2) is 31.0 Å². The quantitative estimate of drug-likeness (QED) is 0.793. The minimum atomic E-state index is 0.0851. The molecule has 1 aliphatic heterocycles. The molecule has 128 valence electrons. The van der Waals surface area contributed by atoms with Crippen LogP contribution in [-0.2, 0) is 28.9 Å². The van der Waals surface area contributed by atoms with Crippen molar-refractivity contribution in [1.82, 2.24) is 24.4 Å². The Morgan fingerprint density at radius 2 is 2.25 bits per heavy atom. The average molecular weight is 329 g/mol. The topological polar surface area (TPSA) is 73.1 Å². The predicted octanol–water partition coefficient (Wildman–Crippen LogP) is 1.10. The molecule has 2 aromatic heterocycles. The molecule has 7 heteroatoms. The number of carbonyl (C=O) groups is 1. The van der Waals surface area contributed by atoms with Crippen molar-refractivity contribution in [1.29, 1.82) is 0 Å². The standard InChI is InChI=1S/C17H23N5O2/c1-2-16-20-7-8-21(16)12-17(23)22-9-10-24-13-15(22)4-3-14-11-18-5-6-19-14/h5-8,11,15H,2-4,9-10,12-13H2,1H3/t15-/m1/s1. The second-order valence-electron chi connectivity index (χ2n) is 5.88. The van der Waals surface area contributed by atoms with Crippen LogP contribution in [0.3, 0.4) is 0 Å². The van der Waals surface area contributed by atoms with Gasteiger partial charge in [0.05, 0.1) is 24.9 Å². The number of hydrogen-bond donors (Lipinski definition) is 0. The van der Waals surface area contributed by atoms with Gasteiger partial charge in [0, 0.05) is 43.9 Å². The number of nitrogens with zero attached hydrogens (tertiary/aromatic N) is 5. The van der Waals surface area contributed by atoms with E-state index in [1.54, 1.807) is 24.8 Å². The number of morpholine rings is 1. The van der Waals surface area contributed by atoms with Crippen molar-refractivity contribution in [2.24, 2.45) is 0 Å². The fourth-order valence-electron chi connectivity index (χ4n) is 3.03. The summed E-state index contributed by atoms with van der Waals surface area (Å²) in [6, 6.07) is 0.0851. The molecule has 0 aliphatic carbocycles. The largest absolute Gasteiger partial charge is 0.377 e. The lowest BCUT2D eigenvalue weighted by atomic mass is 10.1. The Morgan fingerprint density at radius 3 is 3.04 bits per heavy atom. The summed E-state index contributed by atoms with van der Waals surface area (Å²) in [6.07, 6.45) is 11.2. The Morgan fingerprint density at radius 1 is 1.33 bits per heavy atom. The molecule has 3 rings (SSSR count). The highest BCUT2D eigenvalue weighted by Gasteiger charge is 2.27. The Labute approximate surface area is 141 Å². The van der Waals surface area contributed by atoms with Gasteiger partial charge < -0.3 is 14.2 Å². The van der Waals surface area contributed by atoms with E-state index in [1.165, 1.54) is 0 Å². The molecule has 1 amide bonds. The fraction of sp³-hybridized carbons (Fsp3) is 0.529. The second kappa shape index (κ2) is 8.01. The van der Waals surface area contributed by atoms with Crippen molar-refractivity contribution in [2.75, 3.05) is 19.8 Å². The van der Waals surface area contributed by atoms with Gasteiger partial charge in [-0.25, -0.2) is 4.98 Å². The molecule has 0 unspecified atom stereocenters. The van der Waals surface area contributed by atoms with E-state index in [2.05, 4.69) is 15.0 Å². The number of hydrogen-bond acceptors (Lipinski definition) is 5. The van der Waals surface area contributed by atoms with Crippen LogP contribution >= 0.6 is 0 Å². The van der Waals surface area contributed by atoms with Crippen LogP contribution in [0.5, 0.6) is 0 Å². The summed E-state index contributed by atoms with van der Waals surface area (Å²) in [5.74, 6) is 1.06. The third-order valence-corrected chi connectivity index (χ3v) is 4.32. The molecule has 0 aromatic carbocycles. The first-order chi connectivity index (χ1) is 11.8. The normalized spacial score (nSPS) is 17.9. The van der Waals surface area contributed by atoms with Crippen molar-refractivity contribution in [2.45, 2.75) is 38.8 Å². The third-order valence-electron chi connectivity index (χ3n) is 4.32. The van der Waals surface area contributed by atoms with Crippen molar-refractivity contribution in [3.8, 4) is 0 Å². The highest BCUT2D eigenvalue weighted by atomic mass is 16.5. The number of ether oxygens (including phenoxy) is 1. The van der Waals surface area contributed by atoms with Crippen LogP contribution < -0.4 is 0 Å². The summed E-state index contributed by atoms with van der Waals surface area (Å²) in [7, 11) is 0. The van der Waals surface area contributed by atoms with E-state index in [0.717, 1.165) is 30.8 Å². The number of aromatic nitrogens is 4. The molecular weight excluding hydrogens is 306 g/mol. The molecule has 24 heavy (non-hydrogen) atoms. The molecular formula is C17H23N5O2. The zero-order valence-corrected chi connectivity index (χ0v) is 14.0. The monoisotopic (exact) mass is 329 g/mol. The lowest BCUT2D eigenvalue weighted by molar-refractivity contribution is -0.140.